The molecule has 0 bridgehead atoms. The first-order chi connectivity index (χ1) is 18.4. The standard InChI is InChI=1S/C32H30N2O4/c1-21(2)30(32(36)37-3)34-20-24-14-13-23(19-27(24)31(34)35)22-15-17-25(18-16-22)33-28-11-7-8-12-29(28)38-26-9-5-4-6-10-26/h4-19,21,30,33H,20H2,1-3H3/t30-/m0/s1. The molecule has 0 aromatic heterocycles. The number of hydrogen-bond acceptors (Lipinski definition) is 5. The number of para-hydroxylation sites is 3. The molecule has 1 atom stereocenters. The summed E-state index contributed by atoms with van der Waals surface area (Å²) in [4.78, 5) is 27.3. The monoisotopic (exact) mass is 506 g/mol. The van der Waals surface area contributed by atoms with Crippen molar-refractivity contribution < 1.29 is 19.1 Å². The fraction of sp³-hybridized carbons (Fsp3) is 0.188. The maximum absolute atomic E-state index is 13.3. The topological polar surface area (TPSA) is 67.9 Å². The number of hydrogen-bond donors (Lipinski definition) is 1. The largest absolute Gasteiger partial charge is 0.467 e. The van der Waals surface area contributed by atoms with Gasteiger partial charge in [0.2, 0.25) is 0 Å². The van der Waals surface area contributed by atoms with Gasteiger partial charge in [0.05, 0.1) is 12.8 Å². The summed E-state index contributed by atoms with van der Waals surface area (Å²) in [7, 11) is 1.36. The number of esters is 1. The summed E-state index contributed by atoms with van der Waals surface area (Å²) < 4.78 is 11.0. The number of carbonyl (C=O) groups excluding carboxylic acids is 2. The molecular formula is C32H30N2O4. The average molecular weight is 507 g/mol. The van der Waals surface area contributed by atoms with E-state index in [1.54, 1.807) is 4.90 Å². The number of fused-ring (bicyclic) bond motifs is 1. The number of benzene rings is 4. The lowest BCUT2D eigenvalue weighted by molar-refractivity contribution is -0.147. The molecule has 0 aliphatic carbocycles. The molecular weight excluding hydrogens is 476 g/mol. The molecule has 6 heteroatoms. The fourth-order valence-corrected chi connectivity index (χ4v) is 4.78. The second kappa shape index (κ2) is 10.8. The van der Waals surface area contributed by atoms with Gasteiger partial charge in [0.1, 0.15) is 11.8 Å². The predicted octanol–water partition coefficient (Wildman–Crippen LogP) is 7.04. The molecule has 4 aromatic rings. The van der Waals surface area contributed by atoms with Crippen LogP contribution < -0.4 is 10.1 Å². The van der Waals surface area contributed by atoms with E-state index in [0.717, 1.165) is 39.6 Å². The Bertz CT molecular complexity index is 1450. The van der Waals surface area contributed by atoms with Gasteiger partial charge in [-0.2, -0.15) is 0 Å². The minimum Gasteiger partial charge on any atom is -0.467 e. The van der Waals surface area contributed by atoms with Gasteiger partial charge in [0.15, 0.2) is 5.75 Å². The van der Waals surface area contributed by atoms with Crippen LogP contribution in [0.3, 0.4) is 0 Å². The van der Waals surface area contributed by atoms with Crippen molar-refractivity contribution in [3.8, 4) is 22.6 Å². The SMILES string of the molecule is COC(=O)[C@H](C(C)C)N1Cc2ccc(-c3ccc(Nc4ccccc4Oc4ccccc4)cc3)cc2C1=O. The zero-order valence-corrected chi connectivity index (χ0v) is 21.7. The van der Waals surface area contributed by atoms with Crippen molar-refractivity contribution in [1.29, 1.82) is 0 Å². The number of rotatable bonds is 8. The number of carbonyl (C=O) groups is 2. The van der Waals surface area contributed by atoms with Crippen molar-refractivity contribution in [1.82, 2.24) is 4.90 Å². The van der Waals surface area contributed by atoms with Crippen molar-refractivity contribution in [3.63, 3.8) is 0 Å². The first-order valence-corrected chi connectivity index (χ1v) is 12.7. The second-order valence-electron chi connectivity index (χ2n) is 9.63. The minimum atomic E-state index is -0.609. The Morgan fingerprint density at radius 3 is 2.26 bits per heavy atom. The lowest BCUT2D eigenvalue weighted by Gasteiger charge is -2.28. The summed E-state index contributed by atoms with van der Waals surface area (Å²) >= 11 is 0. The summed E-state index contributed by atoms with van der Waals surface area (Å²) in [5.41, 5.74) is 5.26. The normalized spacial score (nSPS) is 13.3. The van der Waals surface area contributed by atoms with E-state index in [-0.39, 0.29) is 17.8 Å². The summed E-state index contributed by atoms with van der Waals surface area (Å²) in [5, 5.41) is 3.44. The molecule has 1 heterocycles. The molecule has 1 aliphatic heterocycles. The minimum absolute atomic E-state index is 0.0524. The van der Waals surface area contributed by atoms with Gasteiger partial charge in [0.25, 0.3) is 5.91 Å². The lowest BCUT2D eigenvalue weighted by Crippen LogP contribution is -2.45. The van der Waals surface area contributed by atoms with Gasteiger partial charge < -0.3 is 19.7 Å². The second-order valence-corrected chi connectivity index (χ2v) is 9.63. The van der Waals surface area contributed by atoms with E-state index in [9.17, 15) is 9.59 Å². The van der Waals surface area contributed by atoms with E-state index in [2.05, 4.69) is 5.32 Å². The van der Waals surface area contributed by atoms with Crippen LogP contribution in [-0.2, 0) is 16.1 Å². The van der Waals surface area contributed by atoms with Gasteiger partial charge in [0, 0.05) is 17.8 Å². The molecule has 0 spiro atoms. The van der Waals surface area contributed by atoms with E-state index < -0.39 is 6.04 Å². The molecule has 0 fully saturated rings. The van der Waals surface area contributed by atoms with Crippen molar-refractivity contribution in [2.75, 3.05) is 12.4 Å². The molecule has 1 amide bonds. The average Bonchev–Trinajstić information content (AvgIpc) is 3.25. The molecule has 0 radical (unpaired) electrons. The zero-order chi connectivity index (χ0) is 26.6. The summed E-state index contributed by atoms with van der Waals surface area (Å²) in [6, 6.07) is 30.8. The summed E-state index contributed by atoms with van der Waals surface area (Å²) in [5.74, 6) is 0.923. The molecule has 0 unspecified atom stereocenters. The van der Waals surface area contributed by atoms with Crippen LogP contribution >= 0.6 is 0 Å². The van der Waals surface area contributed by atoms with E-state index in [4.69, 9.17) is 9.47 Å². The van der Waals surface area contributed by atoms with Crippen LogP contribution in [0.25, 0.3) is 11.1 Å². The smallest absolute Gasteiger partial charge is 0.328 e. The van der Waals surface area contributed by atoms with Crippen LogP contribution in [0.5, 0.6) is 11.5 Å². The molecule has 0 saturated carbocycles. The third-order valence-electron chi connectivity index (χ3n) is 6.71. The van der Waals surface area contributed by atoms with Gasteiger partial charge in [-0.05, 0) is 65.1 Å². The van der Waals surface area contributed by atoms with Crippen LogP contribution in [0.15, 0.2) is 97.1 Å². The third kappa shape index (κ3) is 5.11. The maximum Gasteiger partial charge on any atom is 0.328 e. The Hall–Kier alpha value is -4.58. The van der Waals surface area contributed by atoms with E-state index in [1.165, 1.54) is 7.11 Å². The molecule has 4 aromatic carbocycles. The van der Waals surface area contributed by atoms with Gasteiger partial charge in [-0.15, -0.1) is 0 Å². The highest BCUT2D eigenvalue weighted by molar-refractivity contribution is 6.01. The summed E-state index contributed by atoms with van der Waals surface area (Å²) in [6.45, 7) is 4.25. The molecule has 192 valence electrons. The highest BCUT2D eigenvalue weighted by Gasteiger charge is 2.38. The molecule has 0 saturated heterocycles. The Morgan fingerprint density at radius 2 is 1.55 bits per heavy atom. The van der Waals surface area contributed by atoms with Crippen molar-refractivity contribution in [3.05, 3.63) is 108 Å². The molecule has 1 N–H and O–H groups in total. The van der Waals surface area contributed by atoms with Crippen molar-refractivity contribution >= 4 is 23.3 Å². The van der Waals surface area contributed by atoms with Crippen LogP contribution in [-0.4, -0.2) is 29.9 Å². The number of nitrogens with zero attached hydrogens (tertiary/aromatic N) is 1. The first kappa shape index (κ1) is 25.1. The van der Waals surface area contributed by atoms with Crippen LogP contribution in [0.1, 0.15) is 29.8 Å². The van der Waals surface area contributed by atoms with E-state index in [1.807, 2.05) is 111 Å². The fourth-order valence-electron chi connectivity index (χ4n) is 4.78. The molecule has 6 nitrogen and oxygen atoms in total. The lowest BCUT2D eigenvalue weighted by atomic mass is 10.00. The summed E-state index contributed by atoms with van der Waals surface area (Å²) in [6.07, 6.45) is 0. The maximum atomic E-state index is 13.3. The van der Waals surface area contributed by atoms with Gasteiger partial charge in [-0.3, -0.25) is 4.79 Å². The van der Waals surface area contributed by atoms with Crippen LogP contribution in [0, 0.1) is 5.92 Å². The highest BCUT2D eigenvalue weighted by Crippen LogP contribution is 2.34. The molecule has 38 heavy (non-hydrogen) atoms. The van der Waals surface area contributed by atoms with E-state index >= 15 is 0 Å². The van der Waals surface area contributed by atoms with Crippen LogP contribution in [0.4, 0.5) is 11.4 Å². The van der Waals surface area contributed by atoms with E-state index in [0.29, 0.717) is 12.1 Å². The molecule has 5 rings (SSSR count). The predicted molar refractivity (Wildman–Crippen MR) is 149 cm³/mol. The van der Waals surface area contributed by atoms with Gasteiger partial charge in [-0.25, -0.2) is 4.79 Å². The Balaban J connectivity index is 1.33. The first-order valence-electron chi connectivity index (χ1n) is 12.7. The number of anilines is 2. The number of ether oxygens (including phenoxy) is 2. The zero-order valence-electron chi connectivity index (χ0n) is 21.7. The Labute approximate surface area is 222 Å². The van der Waals surface area contributed by atoms with Gasteiger partial charge in [-0.1, -0.05) is 68.4 Å². The van der Waals surface area contributed by atoms with Crippen molar-refractivity contribution in [2.45, 2.75) is 26.4 Å². The van der Waals surface area contributed by atoms with Gasteiger partial charge >= 0.3 is 5.97 Å². The Kier molecular flexibility index (Phi) is 7.13. The van der Waals surface area contributed by atoms with Crippen LogP contribution in [0.2, 0.25) is 0 Å². The highest BCUT2D eigenvalue weighted by atomic mass is 16.5. The number of methoxy groups -OCH3 is 1. The Morgan fingerprint density at radius 1 is 0.868 bits per heavy atom. The quantitative estimate of drug-likeness (QED) is 0.260. The third-order valence-corrected chi connectivity index (χ3v) is 6.71. The number of amides is 1. The van der Waals surface area contributed by atoms with Crippen molar-refractivity contribution in [2.24, 2.45) is 5.92 Å². The number of nitrogens with one attached hydrogen (secondary N) is 1. The molecule has 1 aliphatic rings.